The zero-order chi connectivity index (χ0) is 20.8. The monoisotopic (exact) mass is 465 g/mol. The summed E-state index contributed by atoms with van der Waals surface area (Å²) < 4.78 is 0. The first-order valence-electron chi connectivity index (χ1n) is 9.62. The van der Waals surface area contributed by atoms with Crippen LogP contribution in [0.25, 0.3) is 22.0 Å². The minimum atomic E-state index is -0.169. The zero-order valence-corrected chi connectivity index (χ0v) is 19.2. The Balaban J connectivity index is 0.00000240. The van der Waals surface area contributed by atoms with Gasteiger partial charge in [0.25, 0.3) is 11.8 Å². The van der Waals surface area contributed by atoms with Crippen LogP contribution >= 0.6 is 24.8 Å². The number of benzene rings is 2. The van der Waals surface area contributed by atoms with Crippen molar-refractivity contribution >= 4 is 47.5 Å². The quantitative estimate of drug-likeness (QED) is 0.410. The average molecular weight is 466 g/mol. The number of hydrogen-bond acceptors (Lipinski definition) is 4. The summed E-state index contributed by atoms with van der Waals surface area (Å²) in [7, 11) is 3.94. The van der Waals surface area contributed by atoms with E-state index < -0.39 is 0 Å². The number of nitrogens with zero attached hydrogens (tertiary/aromatic N) is 1. The van der Waals surface area contributed by atoms with Crippen molar-refractivity contribution in [3.05, 3.63) is 59.8 Å². The molecule has 0 fully saturated rings. The van der Waals surface area contributed by atoms with E-state index in [4.69, 9.17) is 5.73 Å². The lowest BCUT2D eigenvalue weighted by molar-refractivity contribution is 0.0942. The molecule has 0 radical (unpaired) electrons. The number of aromatic amines is 1. The Bertz CT molecular complexity index is 1000. The fourth-order valence-electron chi connectivity index (χ4n) is 3.02. The number of nitrogens with two attached hydrogens (primary N) is 1. The summed E-state index contributed by atoms with van der Waals surface area (Å²) in [6.07, 6.45) is 0. The van der Waals surface area contributed by atoms with E-state index in [0.717, 1.165) is 28.6 Å². The average Bonchev–Trinajstić information content (AvgIpc) is 3.15. The normalized spacial score (nSPS) is 10.3. The number of amides is 2. The van der Waals surface area contributed by atoms with E-state index in [-0.39, 0.29) is 36.6 Å². The number of hydrogen-bond donors (Lipinski definition) is 4. The van der Waals surface area contributed by atoms with Gasteiger partial charge in [0.15, 0.2) is 0 Å². The van der Waals surface area contributed by atoms with Crippen LogP contribution in [0, 0.1) is 0 Å². The molecule has 0 spiro atoms. The third-order valence-corrected chi connectivity index (χ3v) is 4.62. The van der Waals surface area contributed by atoms with Crippen LogP contribution in [0.3, 0.4) is 0 Å². The van der Waals surface area contributed by atoms with Gasteiger partial charge in [-0.2, -0.15) is 0 Å². The van der Waals surface area contributed by atoms with E-state index in [1.54, 1.807) is 0 Å². The standard InChI is InChI=1S/C22H27N5O2.2ClH/c1-27(2)12-11-25-21(28)16-5-3-15(4-6-16)17-7-8-19-18(13-17)14-20(26-19)22(29)24-10-9-23;;/h3-8,13-14,26H,9-12,23H2,1-2H3,(H,24,29)(H,25,28);2*1H. The Morgan fingerprint density at radius 2 is 1.55 bits per heavy atom. The van der Waals surface area contributed by atoms with E-state index in [0.29, 0.717) is 30.9 Å². The summed E-state index contributed by atoms with van der Waals surface area (Å²) in [4.78, 5) is 29.5. The smallest absolute Gasteiger partial charge is 0.267 e. The van der Waals surface area contributed by atoms with E-state index in [1.165, 1.54) is 0 Å². The van der Waals surface area contributed by atoms with E-state index in [1.807, 2.05) is 67.5 Å². The number of halogens is 2. The Kier molecular flexibility index (Phi) is 10.5. The lowest BCUT2D eigenvalue weighted by Crippen LogP contribution is -2.31. The molecule has 5 N–H and O–H groups in total. The van der Waals surface area contributed by atoms with Gasteiger partial charge in [-0.1, -0.05) is 18.2 Å². The summed E-state index contributed by atoms with van der Waals surface area (Å²) in [5.74, 6) is -0.245. The van der Waals surface area contributed by atoms with Crippen molar-refractivity contribution in [1.29, 1.82) is 0 Å². The molecule has 168 valence electrons. The third kappa shape index (κ3) is 6.97. The van der Waals surface area contributed by atoms with Gasteiger partial charge in [0.1, 0.15) is 5.69 Å². The number of fused-ring (bicyclic) bond motifs is 1. The topological polar surface area (TPSA) is 103 Å². The van der Waals surface area contributed by atoms with Gasteiger partial charge in [0, 0.05) is 42.6 Å². The van der Waals surface area contributed by atoms with Crippen LogP contribution in [0.4, 0.5) is 0 Å². The number of carbonyl (C=O) groups is 2. The number of H-pyrrole nitrogens is 1. The molecule has 0 aliphatic carbocycles. The van der Waals surface area contributed by atoms with Crippen molar-refractivity contribution in [2.24, 2.45) is 5.73 Å². The summed E-state index contributed by atoms with van der Waals surface area (Å²) in [5, 5.41) is 6.62. The number of likely N-dealkylation sites (N-methyl/N-ethyl adjacent to an activating group) is 1. The highest BCUT2D eigenvalue weighted by atomic mass is 35.5. The number of rotatable bonds is 8. The van der Waals surface area contributed by atoms with Crippen LogP contribution in [0.2, 0.25) is 0 Å². The molecule has 2 amide bonds. The summed E-state index contributed by atoms with van der Waals surface area (Å²) in [6.45, 7) is 2.25. The molecule has 0 atom stereocenters. The maximum absolute atomic E-state index is 12.2. The highest BCUT2D eigenvalue weighted by molar-refractivity contribution is 5.99. The molecule has 7 nitrogen and oxygen atoms in total. The minimum Gasteiger partial charge on any atom is -0.351 e. The fourth-order valence-corrected chi connectivity index (χ4v) is 3.02. The van der Waals surface area contributed by atoms with Crippen LogP contribution in [-0.4, -0.2) is 62.0 Å². The first-order chi connectivity index (χ1) is 14.0. The van der Waals surface area contributed by atoms with Crippen LogP contribution in [0.15, 0.2) is 48.5 Å². The maximum Gasteiger partial charge on any atom is 0.267 e. The SMILES string of the molecule is CN(C)CCNC(=O)c1ccc(-c2ccc3[nH]c(C(=O)NCCN)cc3c2)cc1.Cl.Cl. The lowest BCUT2D eigenvalue weighted by atomic mass is 10.0. The van der Waals surface area contributed by atoms with Gasteiger partial charge in [0.2, 0.25) is 0 Å². The predicted octanol–water partition coefficient (Wildman–Crippen LogP) is 2.66. The van der Waals surface area contributed by atoms with Crippen molar-refractivity contribution < 1.29 is 9.59 Å². The Morgan fingerprint density at radius 3 is 2.19 bits per heavy atom. The molecule has 0 bridgehead atoms. The van der Waals surface area contributed by atoms with E-state index >= 15 is 0 Å². The first kappa shape index (κ1) is 26.5. The van der Waals surface area contributed by atoms with Gasteiger partial charge in [0.05, 0.1) is 0 Å². The summed E-state index contributed by atoms with van der Waals surface area (Å²) in [5.41, 5.74) is 9.49. The van der Waals surface area contributed by atoms with E-state index in [9.17, 15) is 9.59 Å². The second-order valence-corrected chi connectivity index (χ2v) is 7.17. The molecule has 1 aromatic heterocycles. The fraction of sp³-hybridized carbons (Fsp3) is 0.273. The Morgan fingerprint density at radius 1 is 0.903 bits per heavy atom. The molecular formula is C22H29Cl2N5O2. The van der Waals surface area contributed by atoms with Crippen molar-refractivity contribution in [1.82, 2.24) is 20.5 Å². The maximum atomic E-state index is 12.2. The van der Waals surface area contributed by atoms with Gasteiger partial charge in [-0.3, -0.25) is 9.59 Å². The molecule has 3 rings (SSSR count). The second kappa shape index (κ2) is 12.3. The molecule has 9 heteroatoms. The number of carbonyl (C=O) groups excluding carboxylic acids is 2. The Hall–Kier alpha value is -2.58. The van der Waals surface area contributed by atoms with Gasteiger partial charge in [-0.05, 0) is 55.6 Å². The van der Waals surface area contributed by atoms with Crippen molar-refractivity contribution in [2.45, 2.75) is 0 Å². The molecule has 0 aliphatic rings. The molecule has 1 heterocycles. The lowest BCUT2D eigenvalue weighted by Gasteiger charge is -2.10. The van der Waals surface area contributed by atoms with Crippen LogP contribution in [0.1, 0.15) is 20.8 Å². The summed E-state index contributed by atoms with van der Waals surface area (Å²) in [6, 6.07) is 15.3. The van der Waals surface area contributed by atoms with Crippen LogP contribution in [0.5, 0.6) is 0 Å². The molecule has 0 saturated heterocycles. The second-order valence-electron chi connectivity index (χ2n) is 7.17. The number of aromatic nitrogens is 1. The highest BCUT2D eigenvalue weighted by Crippen LogP contribution is 2.25. The molecular weight excluding hydrogens is 437 g/mol. The molecule has 0 unspecified atom stereocenters. The first-order valence-corrected chi connectivity index (χ1v) is 9.62. The summed E-state index contributed by atoms with van der Waals surface area (Å²) >= 11 is 0. The van der Waals surface area contributed by atoms with Crippen LogP contribution in [-0.2, 0) is 0 Å². The van der Waals surface area contributed by atoms with Gasteiger partial charge in [-0.25, -0.2) is 0 Å². The molecule has 0 aliphatic heterocycles. The molecule has 2 aromatic carbocycles. The predicted molar refractivity (Wildman–Crippen MR) is 131 cm³/mol. The minimum absolute atomic E-state index is 0. The van der Waals surface area contributed by atoms with E-state index in [2.05, 4.69) is 15.6 Å². The molecule has 0 saturated carbocycles. The molecule has 3 aromatic rings. The van der Waals surface area contributed by atoms with Gasteiger partial charge in [-0.15, -0.1) is 24.8 Å². The Labute approximate surface area is 194 Å². The van der Waals surface area contributed by atoms with Crippen molar-refractivity contribution in [3.63, 3.8) is 0 Å². The van der Waals surface area contributed by atoms with Gasteiger partial charge < -0.3 is 26.3 Å². The van der Waals surface area contributed by atoms with Gasteiger partial charge >= 0.3 is 0 Å². The highest BCUT2D eigenvalue weighted by Gasteiger charge is 2.10. The van der Waals surface area contributed by atoms with Crippen molar-refractivity contribution in [3.8, 4) is 11.1 Å². The van der Waals surface area contributed by atoms with Crippen molar-refractivity contribution in [2.75, 3.05) is 40.3 Å². The largest absolute Gasteiger partial charge is 0.351 e. The van der Waals surface area contributed by atoms with Crippen LogP contribution < -0.4 is 16.4 Å². The number of nitrogens with one attached hydrogen (secondary N) is 3. The molecule has 31 heavy (non-hydrogen) atoms. The zero-order valence-electron chi connectivity index (χ0n) is 17.6. The third-order valence-electron chi connectivity index (χ3n) is 4.62.